The average molecular weight is 381 g/mol. The number of hydrogen-bond donors (Lipinski definition) is 1. The van der Waals surface area contributed by atoms with Crippen LogP contribution in [0.25, 0.3) is 5.65 Å². The molecule has 0 aliphatic carbocycles. The average Bonchev–Trinajstić information content (AvgIpc) is 2.91. The molecular formula is C14H10BrFN4OS. The van der Waals surface area contributed by atoms with Crippen LogP contribution in [-0.4, -0.2) is 26.3 Å². The summed E-state index contributed by atoms with van der Waals surface area (Å²) in [6.07, 6.45) is 1.82. The Hall–Kier alpha value is -1.93. The molecule has 0 fully saturated rings. The van der Waals surface area contributed by atoms with E-state index in [9.17, 15) is 9.18 Å². The van der Waals surface area contributed by atoms with Gasteiger partial charge in [0.15, 0.2) is 10.8 Å². The molecule has 8 heteroatoms. The van der Waals surface area contributed by atoms with Crippen LogP contribution in [0.5, 0.6) is 0 Å². The fourth-order valence-corrected chi connectivity index (χ4v) is 2.88. The summed E-state index contributed by atoms with van der Waals surface area (Å²) in [6, 6.07) is 10.0. The van der Waals surface area contributed by atoms with E-state index in [1.165, 1.54) is 23.9 Å². The molecule has 2 aromatic heterocycles. The van der Waals surface area contributed by atoms with Crippen LogP contribution >= 0.6 is 27.7 Å². The fraction of sp³-hybridized carbons (Fsp3) is 0.0714. The zero-order chi connectivity index (χ0) is 15.5. The monoisotopic (exact) mass is 380 g/mol. The number of fused-ring (bicyclic) bond motifs is 1. The first-order valence-electron chi connectivity index (χ1n) is 6.31. The number of anilines is 1. The third kappa shape index (κ3) is 3.28. The summed E-state index contributed by atoms with van der Waals surface area (Å²) in [5.74, 6) is -0.676. The molecule has 0 saturated heterocycles. The lowest BCUT2D eigenvalue weighted by molar-refractivity contribution is -0.113. The molecule has 3 aromatic rings. The number of nitrogens with zero attached hydrogens (tertiary/aromatic N) is 3. The molecule has 2 heterocycles. The van der Waals surface area contributed by atoms with Gasteiger partial charge in [0.1, 0.15) is 5.82 Å². The van der Waals surface area contributed by atoms with Crippen LogP contribution in [0.4, 0.5) is 10.1 Å². The van der Waals surface area contributed by atoms with Crippen molar-refractivity contribution in [1.82, 2.24) is 14.6 Å². The minimum Gasteiger partial charge on any atom is -0.323 e. The van der Waals surface area contributed by atoms with Crippen LogP contribution in [0, 0.1) is 5.82 Å². The quantitative estimate of drug-likeness (QED) is 0.705. The maximum Gasteiger partial charge on any atom is 0.234 e. The number of carbonyl (C=O) groups is 1. The number of halogens is 2. The van der Waals surface area contributed by atoms with Crippen LogP contribution < -0.4 is 5.32 Å². The van der Waals surface area contributed by atoms with Crippen molar-refractivity contribution in [1.29, 1.82) is 0 Å². The number of aromatic nitrogens is 3. The van der Waals surface area contributed by atoms with Gasteiger partial charge >= 0.3 is 0 Å². The van der Waals surface area contributed by atoms with Crippen molar-refractivity contribution in [2.45, 2.75) is 5.16 Å². The van der Waals surface area contributed by atoms with Crippen LogP contribution in [-0.2, 0) is 4.79 Å². The number of thioether (sulfide) groups is 1. The highest BCUT2D eigenvalue weighted by Crippen LogP contribution is 2.21. The second-order valence-electron chi connectivity index (χ2n) is 4.37. The lowest BCUT2D eigenvalue weighted by Gasteiger charge is -2.06. The zero-order valence-electron chi connectivity index (χ0n) is 11.2. The van der Waals surface area contributed by atoms with Crippen LogP contribution in [0.3, 0.4) is 0 Å². The third-order valence-corrected chi connectivity index (χ3v) is 4.26. The van der Waals surface area contributed by atoms with Gasteiger partial charge in [-0.1, -0.05) is 33.8 Å². The molecule has 22 heavy (non-hydrogen) atoms. The molecule has 3 rings (SSSR count). The summed E-state index contributed by atoms with van der Waals surface area (Å²) in [5.41, 5.74) is 0.865. The first-order chi connectivity index (χ1) is 10.6. The summed E-state index contributed by atoms with van der Waals surface area (Å²) < 4.78 is 16.1. The van der Waals surface area contributed by atoms with E-state index in [0.29, 0.717) is 15.3 Å². The standard InChI is InChI=1S/C14H10BrFN4OS/c15-9-4-5-11(10(16)7-9)17-13(21)8-22-14-19-18-12-3-1-2-6-20(12)14/h1-7H,8H2,(H,17,21). The molecule has 0 unspecified atom stereocenters. The van der Waals surface area contributed by atoms with Crippen molar-refractivity contribution >= 4 is 44.9 Å². The minimum atomic E-state index is -0.486. The highest BCUT2D eigenvalue weighted by molar-refractivity contribution is 9.10. The smallest absolute Gasteiger partial charge is 0.234 e. The van der Waals surface area contributed by atoms with Crippen molar-refractivity contribution in [3.63, 3.8) is 0 Å². The number of rotatable bonds is 4. The Balaban J connectivity index is 1.65. The normalized spacial score (nSPS) is 10.8. The molecule has 0 saturated carbocycles. The number of pyridine rings is 1. The Morgan fingerprint density at radius 1 is 1.32 bits per heavy atom. The second kappa shape index (κ2) is 6.45. The van der Waals surface area contributed by atoms with E-state index < -0.39 is 5.82 Å². The molecule has 0 atom stereocenters. The van der Waals surface area contributed by atoms with Crippen molar-refractivity contribution in [3.8, 4) is 0 Å². The molecule has 1 amide bonds. The number of hydrogen-bond acceptors (Lipinski definition) is 4. The van der Waals surface area contributed by atoms with Crippen LogP contribution in [0.1, 0.15) is 0 Å². The van der Waals surface area contributed by atoms with Crippen molar-refractivity contribution < 1.29 is 9.18 Å². The minimum absolute atomic E-state index is 0.116. The SMILES string of the molecule is O=C(CSc1nnc2ccccn12)Nc1ccc(Br)cc1F. The van der Waals surface area contributed by atoms with Gasteiger partial charge in [0.05, 0.1) is 11.4 Å². The van der Waals surface area contributed by atoms with Gasteiger partial charge in [-0.3, -0.25) is 9.20 Å². The van der Waals surface area contributed by atoms with E-state index >= 15 is 0 Å². The van der Waals surface area contributed by atoms with Gasteiger partial charge in [0.25, 0.3) is 0 Å². The van der Waals surface area contributed by atoms with Crippen molar-refractivity contribution in [3.05, 3.63) is 52.9 Å². The van der Waals surface area contributed by atoms with Gasteiger partial charge in [-0.25, -0.2) is 4.39 Å². The number of nitrogens with one attached hydrogen (secondary N) is 1. The lowest BCUT2D eigenvalue weighted by Crippen LogP contribution is -2.15. The summed E-state index contributed by atoms with van der Waals surface area (Å²) >= 11 is 4.41. The predicted molar refractivity (Wildman–Crippen MR) is 86.4 cm³/mol. The Labute approximate surface area is 138 Å². The van der Waals surface area contributed by atoms with E-state index in [2.05, 4.69) is 31.4 Å². The second-order valence-corrected chi connectivity index (χ2v) is 6.23. The highest BCUT2D eigenvalue weighted by Gasteiger charge is 2.11. The van der Waals surface area contributed by atoms with Gasteiger partial charge in [-0.2, -0.15) is 0 Å². The molecule has 5 nitrogen and oxygen atoms in total. The van der Waals surface area contributed by atoms with E-state index in [0.717, 1.165) is 0 Å². The Morgan fingerprint density at radius 2 is 2.18 bits per heavy atom. The van der Waals surface area contributed by atoms with Gasteiger partial charge < -0.3 is 5.32 Å². The Kier molecular flexibility index (Phi) is 4.39. The first kappa shape index (κ1) is 15.0. The van der Waals surface area contributed by atoms with E-state index in [-0.39, 0.29) is 17.3 Å². The Morgan fingerprint density at radius 3 is 3.00 bits per heavy atom. The predicted octanol–water partition coefficient (Wildman–Crippen LogP) is 3.36. The molecule has 0 radical (unpaired) electrons. The zero-order valence-corrected chi connectivity index (χ0v) is 13.6. The summed E-state index contributed by atoms with van der Waals surface area (Å²) in [4.78, 5) is 11.9. The summed E-state index contributed by atoms with van der Waals surface area (Å²) in [6.45, 7) is 0. The number of benzene rings is 1. The molecule has 112 valence electrons. The van der Waals surface area contributed by atoms with E-state index in [1.807, 2.05) is 24.4 Å². The van der Waals surface area contributed by atoms with Crippen LogP contribution in [0.15, 0.2) is 52.2 Å². The molecule has 0 bridgehead atoms. The molecule has 1 aromatic carbocycles. The molecule has 0 aliphatic heterocycles. The van der Waals surface area contributed by atoms with Gasteiger partial charge in [-0.15, -0.1) is 10.2 Å². The van der Waals surface area contributed by atoms with Gasteiger partial charge in [-0.05, 0) is 30.3 Å². The maximum atomic E-state index is 13.7. The number of carbonyl (C=O) groups excluding carboxylic acids is 1. The Bertz CT molecular complexity index is 839. The fourth-order valence-electron chi connectivity index (χ4n) is 1.83. The van der Waals surface area contributed by atoms with E-state index in [4.69, 9.17) is 0 Å². The van der Waals surface area contributed by atoms with Gasteiger partial charge in [0.2, 0.25) is 5.91 Å². The van der Waals surface area contributed by atoms with E-state index in [1.54, 1.807) is 10.5 Å². The van der Waals surface area contributed by atoms with Crippen LogP contribution in [0.2, 0.25) is 0 Å². The van der Waals surface area contributed by atoms with Crippen molar-refractivity contribution in [2.75, 3.05) is 11.1 Å². The third-order valence-electron chi connectivity index (χ3n) is 2.82. The number of amides is 1. The molecular weight excluding hydrogens is 371 g/mol. The lowest BCUT2D eigenvalue weighted by atomic mass is 10.3. The maximum absolute atomic E-state index is 13.7. The van der Waals surface area contributed by atoms with Crippen molar-refractivity contribution in [2.24, 2.45) is 0 Å². The van der Waals surface area contributed by atoms with Gasteiger partial charge in [0, 0.05) is 10.7 Å². The molecule has 0 spiro atoms. The topological polar surface area (TPSA) is 59.3 Å². The first-order valence-corrected chi connectivity index (χ1v) is 8.09. The molecule has 1 N–H and O–H groups in total. The largest absolute Gasteiger partial charge is 0.323 e. The molecule has 0 aliphatic rings. The summed E-state index contributed by atoms with van der Waals surface area (Å²) in [7, 11) is 0. The highest BCUT2D eigenvalue weighted by atomic mass is 79.9. The summed E-state index contributed by atoms with van der Waals surface area (Å²) in [5, 5.41) is 11.2.